The Hall–Kier alpha value is -1.12. The van der Waals surface area contributed by atoms with Crippen molar-refractivity contribution in [1.29, 1.82) is 0 Å². The maximum Gasteiger partial charge on any atom is 0.118 e. The minimum atomic E-state index is -0.267. The summed E-state index contributed by atoms with van der Waals surface area (Å²) < 4.78 is 5.31. The van der Waals surface area contributed by atoms with Gasteiger partial charge in [0.25, 0.3) is 0 Å². The minimum absolute atomic E-state index is 0.123. The SMILES string of the molecule is C/C(=C\C(C)c1ccccc1)C[C@@]1(CO)CO1. The molecule has 1 unspecified atom stereocenters. The Morgan fingerprint density at radius 3 is 2.65 bits per heavy atom. The molecule has 0 amide bonds. The second-order valence-corrected chi connectivity index (χ2v) is 5.02. The van der Waals surface area contributed by atoms with Gasteiger partial charge in [0.15, 0.2) is 0 Å². The minimum Gasteiger partial charge on any atom is -0.393 e. The van der Waals surface area contributed by atoms with Crippen LogP contribution >= 0.6 is 0 Å². The quantitative estimate of drug-likeness (QED) is 0.625. The molecule has 1 fully saturated rings. The number of aliphatic hydroxyl groups excluding tert-OH is 1. The molecule has 1 aromatic carbocycles. The van der Waals surface area contributed by atoms with Crippen molar-refractivity contribution in [3.63, 3.8) is 0 Å². The van der Waals surface area contributed by atoms with Gasteiger partial charge in [0, 0.05) is 6.42 Å². The summed E-state index contributed by atoms with van der Waals surface area (Å²) in [5.41, 5.74) is 2.34. The molecule has 1 aliphatic rings. The van der Waals surface area contributed by atoms with Gasteiger partial charge in [-0.05, 0) is 18.4 Å². The van der Waals surface area contributed by atoms with Crippen molar-refractivity contribution in [2.75, 3.05) is 13.2 Å². The molecule has 0 aromatic heterocycles. The van der Waals surface area contributed by atoms with Gasteiger partial charge in [-0.3, -0.25) is 0 Å². The van der Waals surface area contributed by atoms with Crippen molar-refractivity contribution in [2.45, 2.75) is 31.8 Å². The van der Waals surface area contributed by atoms with Gasteiger partial charge in [0.2, 0.25) is 0 Å². The van der Waals surface area contributed by atoms with E-state index in [1.807, 2.05) is 6.07 Å². The predicted molar refractivity (Wildman–Crippen MR) is 69.0 cm³/mol. The number of hydrogen-bond donors (Lipinski definition) is 1. The van der Waals surface area contributed by atoms with Gasteiger partial charge in [-0.1, -0.05) is 48.9 Å². The van der Waals surface area contributed by atoms with Gasteiger partial charge in [-0.2, -0.15) is 0 Å². The molecule has 1 aliphatic heterocycles. The Bertz CT molecular complexity index is 391. The molecule has 92 valence electrons. The molecule has 17 heavy (non-hydrogen) atoms. The highest BCUT2D eigenvalue weighted by Gasteiger charge is 2.43. The van der Waals surface area contributed by atoms with Crippen LogP contribution in [-0.2, 0) is 4.74 Å². The molecule has 0 radical (unpaired) electrons. The summed E-state index contributed by atoms with van der Waals surface area (Å²) in [5.74, 6) is 0.408. The normalized spacial score (nSPS) is 25.7. The summed E-state index contributed by atoms with van der Waals surface area (Å²) in [6.45, 7) is 5.11. The van der Waals surface area contributed by atoms with Crippen LogP contribution in [-0.4, -0.2) is 23.9 Å². The van der Waals surface area contributed by atoms with Gasteiger partial charge in [0.1, 0.15) is 5.60 Å². The van der Waals surface area contributed by atoms with Crippen molar-refractivity contribution in [2.24, 2.45) is 0 Å². The lowest BCUT2D eigenvalue weighted by Crippen LogP contribution is -2.16. The number of epoxide rings is 1. The topological polar surface area (TPSA) is 32.8 Å². The van der Waals surface area contributed by atoms with E-state index in [4.69, 9.17) is 4.74 Å². The molecule has 0 saturated carbocycles. The molecule has 1 saturated heterocycles. The average molecular weight is 232 g/mol. The molecule has 2 heteroatoms. The fourth-order valence-corrected chi connectivity index (χ4v) is 2.20. The molecule has 0 aliphatic carbocycles. The molecule has 0 spiro atoms. The lowest BCUT2D eigenvalue weighted by Gasteiger charge is -2.12. The number of rotatable bonds is 5. The van der Waals surface area contributed by atoms with Crippen LogP contribution in [0.15, 0.2) is 42.0 Å². The van der Waals surface area contributed by atoms with Gasteiger partial charge in [0.05, 0.1) is 13.2 Å². The van der Waals surface area contributed by atoms with Crippen molar-refractivity contribution < 1.29 is 9.84 Å². The Morgan fingerprint density at radius 1 is 1.47 bits per heavy atom. The zero-order chi connectivity index (χ0) is 12.3. The van der Waals surface area contributed by atoms with E-state index >= 15 is 0 Å². The van der Waals surface area contributed by atoms with E-state index in [0.717, 1.165) is 6.42 Å². The molecule has 1 heterocycles. The van der Waals surface area contributed by atoms with Crippen LogP contribution < -0.4 is 0 Å². The Kier molecular flexibility index (Phi) is 3.65. The van der Waals surface area contributed by atoms with E-state index in [2.05, 4.69) is 44.2 Å². The first-order chi connectivity index (χ1) is 8.15. The van der Waals surface area contributed by atoms with Gasteiger partial charge in [-0.15, -0.1) is 0 Å². The predicted octanol–water partition coefficient (Wildman–Crippen LogP) is 2.89. The highest BCUT2D eigenvalue weighted by Crippen LogP contribution is 2.34. The van der Waals surface area contributed by atoms with E-state index < -0.39 is 0 Å². The average Bonchev–Trinajstić information content (AvgIpc) is 3.10. The van der Waals surface area contributed by atoms with E-state index in [0.29, 0.717) is 12.5 Å². The Balaban J connectivity index is 1.99. The molecule has 1 N–H and O–H groups in total. The van der Waals surface area contributed by atoms with Crippen LogP contribution in [0.4, 0.5) is 0 Å². The summed E-state index contributed by atoms with van der Waals surface area (Å²) in [7, 11) is 0. The highest BCUT2D eigenvalue weighted by atomic mass is 16.6. The number of benzene rings is 1. The second kappa shape index (κ2) is 5.03. The summed E-state index contributed by atoms with van der Waals surface area (Å²) in [5, 5.41) is 9.20. The van der Waals surface area contributed by atoms with Crippen LogP contribution in [0.5, 0.6) is 0 Å². The van der Waals surface area contributed by atoms with E-state index in [1.54, 1.807) is 0 Å². The van der Waals surface area contributed by atoms with E-state index in [9.17, 15) is 5.11 Å². The van der Waals surface area contributed by atoms with Crippen molar-refractivity contribution >= 4 is 0 Å². The largest absolute Gasteiger partial charge is 0.393 e. The monoisotopic (exact) mass is 232 g/mol. The zero-order valence-electron chi connectivity index (χ0n) is 10.5. The lowest BCUT2D eigenvalue weighted by molar-refractivity contribution is 0.171. The smallest absolute Gasteiger partial charge is 0.118 e. The van der Waals surface area contributed by atoms with Crippen LogP contribution in [0.3, 0.4) is 0 Å². The van der Waals surface area contributed by atoms with Crippen LogP contribution in [0.2, 0.25) is 0 Å². The summed E-state index contributed by atoms with van der Waals surface area (Å²) >= 11 is 0. The molecule has 2 rings (SSSR count). The van der Waals surface area contributed by atoms with Crippen molar-refractivity contribution in [1.82, 2.24) is 0 Å². The third kappa shape index (κ3) is 3.18. The van der Waals surface area contributed by atoms with Crippen LogP contribution in [0, 0.1) is 0 Å². The first kappa shape index (κ1) is 12.3. The first-order valence-electron chi connectivity index (χ1n) is 6.12. The molecular weight excluding hydrogens is 212 g/mol. The van der Waals surface area contributed by atoms with Crippen LogP contribution in [0.1, 0.15) is 31.7 Å². The second-order valence-electron chi connectivity index (χ2n) is 5.02. The highest BCUT2D eigenvalue weighted by molar-refractivity contribution is 5.25. The summed E-state index contributed by atoms with van der Waals surface area (Å²) in [6, 6.07) is 10.4. The number of hydrogen-bond acceptors (Lipinski definition) is 2. The lowest BCUT2D eigenvalue weighted by atomic mass is 9.95. The maximum atomic E-state index is 9.20. The van der Waals surface area contributed by atoms with Crippen LogP contribution in [0.25, 0.3) is 0 Å². The number of aliphatic hydroxyl groups is 1. The van der Waals surface area contributed by atoms with Gasteiger partial charge < -0.3 is 9.84 Å². The molecule has 2 atom stereocenters. The molecular formula is C15H20O2. The standard InChI is InChI=1S/C15H20O2/c1-12(9-15(10-16)11-17-15)8-13(2)14-6-4-3-5-7-14/h3-8,13,16H,9-11H2,1-2H3/b12-8+/t13?,15-/m1/s1. The number of ether oxygens (including phenoxy) is 1. The summed E-state index contributed by atoms with van der Waals surface area (Å²) in [4.78, 5) is 0. The van der Waals surface area contributed by atoms with Gasteiger partial charge >= 0.3 is 0 Å². The number of allylic oxidation sites excluding steroid dienone is 1. The summed E-state index contributed by atoms with van der Waals surface area (Å²) in [6.07, 6.45) is 3.09. The van der Waals surface area contributed by atoms with E-state index in [-0.39, 0.29) is 12.2 Å². The zero-order valence-corrected chi connectivity index (χ0v) is 10.5. The third-order valence-corrected chi connectivity index (χ3v) is 3.30. The Labute approximate surface area is 103 Å². The molecule has 2 nitrogen and oxygen atoms in total. The van der Waals surface area contributed by atoms with Gasteiger partial charge in [-0.25, -0.2) is 0 Å². The first-order valence-corrected chi connectivity index (χ1v) is 6.12. The maximum absolute atomic E-state index is 9.20. The Morgan fingerprint density at radius 2 is 2.12 bits per heavy atom. The van der Waals surface area contributed by atoms with Crippen molar-refractivity contribution in [3.05, 3.63) is 47.5 Å². The van der Waals surface area contributed by atoms with E-state index in [1.165, 1.54) is 11.1 Å². The fourth-order valence-electron chi connectivity index (χ4n) is 2.20. The molecule has 0 bridgehead atoms. The van der Waals surface area contributed by atoms with Crippen molar-refractivity contribution in [3.8, 4) is 0 Å². The molecule has 1 aromatic rings. The third-order valence-electron chi connectivity index (χ3n) is 3.30. The fraction of sp³-hybridized carbons (Fsp3) is 0.467.